The maximum Gasteiger partial charge on any atom is 0.243 e. The highest BCUT2D eigenvalue weighted by Crippen LogP contribution is 2.23. The Morgan fingerprint density at radius 2 is 1.49 bits per heavy atom. The van der Waals surface area contributed by atoms with Gasteiger partial charge in [-0.15, -0.1) is 0 Å². The Bertz CT molecular complexity index is 1300. The first-order valence-corrected chi connectivity index (χ1v) is 14.6. The minimum Gasteiger partial charge on any atom is -0.317 e. The fourth-order valence-electron chi connectivity index (χ4n) is 3.70. The van der Waals surface area contributed by atoms with Crippen molar-refractivity contribution in [2.75, 3.05) is 27.2 Å². The number of hydrogen-bond donors (Lipinski definition) is 0. The van der Waals surface area contributed by atoms with Crippen molar-refractivity contribution >= 4 is 19.9 Å². The molecule has 0 unspecified atom stereocenters. The van der Waals surface area contributed by atoms with E-state index in [1.807, 2.05) is 38.9 Å². The highest BCUT2D eigenvalue weighted by atomic mass is 32.2. The molecule has 0 saturated carbocycles. The number of nitrogens with zero attached hydrogens (tertiary/aromatic N) is 4. The van der Waals surface area contributed by atoms with Gasteiger partial charge in [-0.2, -0.15) is 4.31 Å². The molecule has 190 valence electrons. The van der Waals surface area contributed by atoms with Gasteiger partial charge in [-0.25, -0.2) is 21.8 Å². The molecule has 0 bridgehead atoms. The molecule has 0 aliphatic carbocycles. The van der Waals surface area contributed by atoms with Crippen LogP contribution in [0.15, 0.2) is 76.9 Å². The summed E-state index contributed by atoms with van der Waals surface area (Å²) in [5.41, 5.74) is 1.22. The average Bonchev–Trinajstić information content (AvgIpc) is 3.19. The summed E-state index contributed by atoms with van der Waals surface area (Å²) < 4.78 is 56.7. The molecule has 35 heavy (non-hydrogen) atoms. The second-order valence-electron chi connectivity index (χ2n) is 9.24. The van der Waals surface area contributed by atoms with Crippen LogP contribution in [-0.4, -0.2) is 62.8 Å². The number of imidazole rings is 1. The van der Waals surface area contributed by atoms with Gasteiger partial charge in [0, 0.05) is 19.6 Å². The number of likely N-dealkylation sites (N-methyl/N-ethyl adjacent to an activating group) is 1. The number of rotatable bonds is 12. The van der Waals surface area contributed by atoms with Crippen LogP contribution < -0.4 is 0 Å². The number of benzene rings is 2. The third-order valence-corrected chi connectivity index (χ3v) is 8.90. The zero-order valence-electron chi connectivity index (χ0n) is 20.7. The van der Waals surface area contributed by atoms with Crippen molar-refractivity contribution < 1.29 is 16.8 Å². The van der Waals surface area contributed by atoms with E-state index < -0.39 is 19.9 Å². The van der Waals surface area contributed by atoms with Crippen molar-refractivity contribution in [3.05, 3.63) is 78.1 Å². The lowest BCUT2D eigenvalue weighted by molar-refractivity contribution is 0.322. The molecule has 2 aromatic carbocycles. The van der Waals surface area contributed by atoms with Crippen LogP contribution in [0.3, 0.4) is 0 Å². The van der Waals surface area contributed by atoms with Crippen LogP contribution in [0.25, 0.3) is 0 Å². The van der Waals surface area contributed by atoms with E-state index in [4.69, 9.17) is 0 Å². The van der Waals surface area contributed by atoms with Gasteiger partial charge in [0.05, 0.1) is 29.1 Å². The third kappa shape index (κ3) is 7.00. The normalized spacial score (nSPS) is 12.7. The van der Waals surface area contributed by atoms with E-state index >= 15 is 0 Å². The van der Waals surface area contributed by atoms with E-state index in [0.717, 1.165) is 0 Å². The van der Waals surface area contributed by atoms with Crippen LogP contribution in [0.5, 0.6) is 0 Å². The molecule has 0 atom stereocenters. The van der Waals surface area contributed by atoms with Gasteiger partial charge in [0.25, 0.3) is 0 Å². The van der Waals surface area contributed by atoms with Crippen LogP contribution in [0.4, 0.5) is 0 Å². The zero-order chi connectivity index (χ0) is 25.6. The monoisotopic (exact) mass is 518 g/mol. The quantitative estimate of drug-likeness (QED) is 0.365. The molecule has 3 rings (SSSR count). The van der Waals surface area contributed by atoms with E-state index in [-0.39, 0.29) is 34.8 Å². The van der Waals surface area contributed by atoms with E-state index in [9.17, 15) is 16.8 Å². The number of aromatic nitrogens is 2. The molecule has 1 aromatic heterocycles. The van der Waals surface area contributed by atoms with Crippen molar-refractivity contribution in [1.82, 2.24) is 18.8 Å². The van der Waals surface area contributed by atoms with Gasteiger partial charge < -0.3 is 9.47 Å². The highest BCUT2D eigenvalue weighted by molar-refractivity contribution is 7.90. The van der Waals surface area contributed by atoms with Crippen LogP contribution in [0, 0.1) is 5.92 Å². The second-order valence-corrected chi connectivity index (χ2v) is 13.1. The molecule has 0 fully saturated rings. The van der Waals surface area contributed by atoms with E-state index in [1.54, 1.807) is 59.2 Å². The molecule has 0 aliphatic rings. The molecular weight excluding hydrogens is 484 g/mol. The molecule has 0 amide bonds. The molecule has 3 aromatic rings. The first-order chi connectivity index (χ1) is 16.5. The summed E-state index contributed by atoms with van der Waals surface area (Å²) in [5, 5.41) is -0.0327. The predicted octanol–water partition coefficient (Wildman–Crippen LogP) is 3.27. The van der Waals surface area contributed by atoms with Crippen molar-refractivity contribution in [1.29, 1.82) is 0 Å². The van der Waals surface area contributed by atoms with E-state index in [0.29, 0.717) is 24.3 Å². The zero-order valence-corrected chi connectivity index (χ0v) is 22.3. The Labute approximate surface area is 209 Å². The maximum absolute atomic E-state index is 13.5. The van der Waals surface area contributed by atoms with Crippen LogP contribution in [0.2, 0.25) is 0 Å². The lowest BCUT2D eigenvalue weighted by atomic mass is 10.2. The van der Waals surface area contributed by atoms with Crippen LogP contribution >= 0.6 is 0 Å². The molecule has 0 saturated heterocycles. The molecule has 0 N–H and O–H groups in total. The van der Waals surface area contributed by atoms with Gasteiger partial charge in [0.2, 0.25) is 25.0 Å². The lowest BCUT2D eigenvalue weighted by Crippen LogP contribution is -2.37. The van der Waals surface area contributed by atoms with Gasteiger partial charge in [0.15, 0.2) is 0 Å². The average molecular weight is 519 g/mol. The smallest absolute Gasteiger partial charge is 0.243 e. The molecule has 0 spiro atoms. The summed E-state index contributed by atoms with van der Waals surface area (Å²) in [6.45, 7) is 5.17. The molecular formula is C25H34N4O4S2. The number of sulfone groups is 1. The molecule has 0 aliphatic heterocycles. The first kappa shape index (κ1) is 27.1. The fourth-order valence-corrected chi connectivity index (χ4v) is 6.63. The summed E-state index contributed by atoms with van der Waals surface area (Å²) in [6.07, 6.45) is 1.49. The SMILES string of the molecule is CC(C)Cn1c(CN(CCN(C)C)S(=O)(=O)c2ccccc2)cnc1S(=O)(=O)Cc1ccccc1. The van der Waals surface area contributed by atoms with Crippen molar-refractivity contribution in [2.45, 2.75) is 42.7 Å². The highest BCUT2D eigenvalue weighted by Gasteiger charge is 2.29. The molecule has 1 heterocycles. The van der Waals surface area contributed by atoms with Crippen molar-refractivity contribution in [3.8, 4) is 0 Å². The summed E-state index contributed by atoms with van der Waals surface area (Å²) in [7, 11) is -3.78. The largest absolute Gasteiger partial charge is 0.317 e. The standard InChI is InChI=1S/C25H34N4O4S2/c1-21(2)18-29-23(17-26-25(29)34(30,31)20-22-11-7-5-8-12-22)19-28(16-15-27(3)4)35(32,33)24-13-9-6-10-14-24/h5-14,17,21H,15-16,18-20H2,1-4H3. The second kappa shape index (κ2) is 11.5. The minimum absolute atomic E-state index is 0.0195. The fraction of sp³-hybridized carbons (Fsp3) is 0.400. The van der Waals surface area contributed by atoms with Gasteiger partial charge >= 0.3 is 0 Å². The Kier molecular flexibility index (Phi) is 8.87. The molecule has 0 radical (unpaired) electrons. The summed E-state index contributed by atoms with van der Waals surface area (Å²) in [6, 6.07) is 17.3. The minimum atomic E-state index is -3.80. The van der Waals surface area contributed by atoms with Gasteiger partial charge in [0.1, 0.15) is 0 Å². The molecule has 10 heteroatoms. The van der Waals surface area contributed by atoms with Crippen molar-refractivity contribution in [2.24, 2.45) is 5.92 Å². The number of hydrogen-bond acceptors (Lipinski definition) is 6. The Morgan fingerprint density at radius 3 is 2.06 bits per heavy atom. The summed E-state index contributed by atoms with van der Waals surface area (Å²) >= 11 is 0. The van der Waals surface area contributed by atoms with Gasteiger partial charge in [-0.1, -0.05) is 62.4 Å². The number of sulfonamides is 1. The Balaban J connectivity index is 2.00. The Hall–Kier alpha value is -2.53. The molecule has 8 nitrogen and oxygen atoms in total. The van der Waals surface area contributed by atoms with Gasteiger partial charge in [-0.3, -0.25) is 0 Å². The van der Waals surface area contributed by atoms with Crippen LogP contribution in [-0.2, 0) is 38.7 Å². The van der Waals surface area contributed by atoms with E-state index in [2.05, 4.69) is 4.98 Å². The van der Waals surface area contributed by atoms with Crippen LogP contribution in [0.1, 0.15) is 25.1 Å². The summed E-state index contributed by atoms with van der Waals surface area (Å²) in [4.78, 5) is 6.39. The first-order valence-electron chi connectivity index (χ1n) is 11.5. The topological polar surface area (TPSA) is 92.6 Å². The maximum atomic E-state index is 13.5. The predicted molar refractivity (Wildman–Crippen MR) is 137 cm³/mol. The van der Waals surface area contributed by atoms with Gasteiger partial charge in [-0.05, 0) is 37.7 Å². The Morgan fingerprint density at radius 1 is 0.886 bits per heavy atom. The summed E-state index contributed by atoms with van der Waals surface area (Å²) in [5.74, 6) is -0.0377. The lowest BCUT2D eigenvalue weighted by Gasteiger charge is -2.25. The van der Waals surface area contributed by atoms with Crippen molar-refractivity contribution in [3.63, 3.8) is 0 Å². The van der Waals surface area contributed by atoms with E-state index in [1.165, 1.54) is 10.5 Å². The third-order valence-electron chi connectivity index (χ3n) is 5.44.